The van der Waals surface area contributed by atoms with Crippen molar-refractivity contribution in [2.24, 2.45) is 0 Å². The molecule has 0 unspecified atom stereocenters. The summed E-state index contributed by atoms with van der Waals surface area (Å²) in [5, 5.41) is 1.13. The van der Waals surface area contributed by atoms with Crippen molar-refractivity contribution < 1.29 is 4.74 Å². The summed E-state index contributed by atoms with van der Waals surface area (Å²) < 4.78 is 8.49. The van der Waals surface area contributed by atoms with E-state index >= 15 is 0 Å². The normalized spacial score (nSPS) is 11.4. The van der Waals surface area contributed by atoms with Gasteiger partial charge in [0.1, 0.15) is 17.9 Å². The molecule has 0 aliphatic heterocycles. The summed E-state index contributed by atoms with van der Waals surface area (Å²) in [7, 11) is 0. The lowest BCUT2D eigenvalue weighted by molar-refractivity contribution is 0.302. The lowest BCUT2D eigenvalue weighted by Crippen LogP contribution is -2.04. The number of hydrogen-bond donors (Lipinski definition) is 0. The number of rotatable bonds is 5. The van der Waals surface area contributed by atoms with Gasteiger partial charge in [-0.1, -0.05) is 72.3 Å². The number of benzene rings is 4. The lowest BCUT2D eigenvalue weighted by atomic mass is 10.1. The highest BCUT2D eigenvalue weighted by atomic mass is 16.5. The third-order valence-electron chi connectivity index (χ3n) is 6.04. The molecule has 0 aliphatic carbocycles. The molecule has 0 radical (unpaired) electrons. The summed E-state index contributed by atoms with van der Waals surface area (Å²) in [6.07, 6.45) is 0. The van der Waals surface area contributed by atoms with E-state index in [0.29, 0.717) is 13.2 Å². The highest BCUT2D eigenvalue weighted by molar-refractivity contribution is 6.06. The Morgan fingerprint density at radius 1 is 0.758 bits per heavy atom. The van der Waals surface area contributed by atoms with Gasteiger partial charge in [0.05, 0.1) is 23.1 Å². The largest absolute Gasteiger partial charge is 0.489 e. The average Bonchev–Trinajstić information content (AvgIpc) is 3.14. The smallest absolute Gasteiger partial charge is 0.160 e. The number of hydrogen-bond acceptors (Lipinski definition) is 3. The van der Waals surface area contributed by atoms with Gasteiger partial charge in [-0.15, -0.1) is 0 Å². The molecular weight excluding hydrogens is 406 g/mol. The Labute approximate surface area is 192 Å². The number of aryl methyl sites for hydroxylation is 1. The molecule has 0 aliphatic rings. The number of fused-ring (bicyclic) bond motifs is 4. The van der Waals surface area contributed by atoms with Crippen LogP contribution >= 0.6 is 0 Å². The van der Waals surface area contributed by atoms with Crippen molar-refractivity contribution in [2.45, 2.75) is 20.1 Å². The first-order chi connectivity index (χ1) is 16.3. The fraction of sp³-hybridized carbons (Fsp3) is 0.103. The summed E-state index contributed by atoms with van der Waals surface area (Å²) in [5.74, 6) is 0.886. The van der Waals surface area contributed by atoms with Crippen molar-refractivity contribution in [3.05, 3.63) is 114 Å². The van der Waals surface area contributed by atoms with Crippen LogP contribution < -0.4 is 4.74 Å². The van der Waals surface area contributed by atoms with Gasteiger partial charge in [-0.2, -0.15) is 0 Å². The summed E-state index contributed by atoms with van der Waals surface area (Å²) in [4.78, 5) is 10.0. The van der Waals surface area contributed by atoms with Crippen molar-refractivity contribution >= 4 is 33.1 Å². The standard InChI is InChI=1S/C29H23N3O/c1-20-15-16-26-23(17-20)28-29(31-25-13-7-6-12-24(25)30-28)32(26)18-22-11-5-8-14-27(22)33-19-21-9-3-2-4-10-21/h2-17H,18-19H2,1H3. The molecule has 0 saturated heterocycles. The molecule has 6 rings (SSSR count). The second kappa shape index (κ2) is 8.06. The van der Waals surface area contributed by atoms with Gasteiger partial charge in [-0.3, -0.25) is 0 Å². The summed E-state index contributed by atoms with van der Waals surface area (Å²) in [6.45, 7) is 3.31. The molecule has 2 aromatic heterocycles. The van der Waals surface area contributed by atoms with Crippen molar-refractivity contribution in [1.29, 1.82) is 0 Å². The first kappa shape index (κ1) is 19.5. The van der Waals surface area contributed by atoms with E-state index in [9.17, 15) is 0 Å². The third-order valence-corrected chi connectivity index (χ3v) is 6.04. The molecule has 0 spiro atoms. The summed E-state index contributed by atoms with van der Waals surface area (Å²) in [5.41, 5.74) is 8.26. The van der Waals surface area contributed by atoms with Crippen LogP contribution in [0.3, 0.4) is 0 Å². The van der Waals surface area contributed by atoms with E-state index < -0.39 is 0 Å². The molecule has 160 valence electrons. The fourth-order valence-corrected chi connectivity index (χ4v) is 4.39. The number of para-hydroxylation sites is 3. The van der Waals surface area contributed by atoms with Crippen molar-refractivity contribution in [3.8, 4) is 5.75 Å². The van der Waals surface area contributed by atoms with Crippen LogP contribution in [0.15, 0.2) is 97.1 Å². The first-order valence-electron chi connectivity index (χ1n) is 11.2. The van der Waals surface area contributed by atoms with E-state index in [-0.39, 0.29) is 0 Å². The summed E-state index contributed by atoms with van der Waals surface area (Å²) in [6, 6.07) is 33.1. The molecule has 0 saturated carbocycles. The van der Waals surface area contributed by atoms with Crippen LogP contribution in [0.4, 0.5) is 0 Å². The minimum Gasteiger partial charge on any atom is -0.489 e. The molecule has 0 N–H and O–H groups in total. The van der Waals surface area contributed by atoms with Crippen LogP contribution in [0.2, 0.25) is 0 Å². The monoisotopic (exact) mass is 429 g/mol. The average molecular weight is 430 g/mol. The first-order valence-corrected chi connectivity index (χ1v) is 11.2. The van der Waals surface area contributed by atoms with Gasteiger partial charge >= 0.3 is 0 Å². The number of nitrogens with zero attached hydrogens (tertiary/aromatic N) is 3. The van der Waals surface area contributed by atoms with E-state index in [1.807, 2.05) is 54.6 Å². The Morgan fingerprint density at radius 3 is 2.33 bits per heavy atom. The molecule has 4 aromatic carbocycles. The van der Waals surface area contributed by atoms with E-state index in [1.165, 1.54) is 5.56 Å². The predicted octanol–water partition coefficient (Wildman–Crippen LogP) is 6.67. The highest BCUT2D eigenvalue weighted by Gasteiger charge is 2.16. The third kappa shape index (κ3) is 3.60. The molecule has 0 fully saturated rings. The second-order valence-electron chi connectivity index (χ2n) is 8.37. The van der Waals surface area contributed by atoms with Crippen LogP contribution in [0, 0.1) is 6.92 Å². The van der Waals surface area contributed by atoms with E-state index in [1.54, 1.807) is 0 Å². The van der Waals surface area contributed by atoms with Gasteiger partial charge in [-0.05, 0) is 42.8 Å². The maximum atomic E-state index is 6.24. The Kier molecular flexibility index (Phi) is 4.76. The van der Waals surface area contributed by atoms with Crippen molar-refractivity contribution in [3.63, 3.8) is 0 Å². The van der Waals surface area contributed by atoms with Crippen LogP contribution in [0.25, 0.3) is 33.1 Å². The zero-order valence-electron chi connectivity index (χ0n) is 18.4. The van der Waals surface area contributed by atoms with Gasteiger partial charge < -0.3 is 9.30 Å². The maximum absolute atomic E-state index is 6.24. The van der Waals surface area contributed by atoms with Gasteiger partial charge in [-0.25, -0.2) is 9.97 Å². The van der Waals surface area contributed by atoms with Gasteiger partial charge in [0.2, 0.25) is 0 Å². The van der Waals surface area contributed by atoms with Gasteiger partial charge in [0, 0.05) is 10.9 Å². The summed E-state index contributed by atoms with van der Waals surface area (Å²) >= 11 is 0. The molecule has 4 nitrogen and oxygen atoms in total. The molecule has 0 bridgehead atoms. The Hall–Kier alpha value is -4.18. The van der Waals surface area contributed by atoms with Crippen molar-refractivity contribution in [1.82, 2.24) is 14.5 Å². The zero-order valence-corrected chi connectivity index (χ0v) is 18.4. The minimum absolute atomic E-state index is 0.536. The molecule has 0 amide bonds. The Balaban J connectivity index is 1.47. The van der Waals surface area contributed by atoms with Crippen LogP contribution in [-0.4, -0.2) is 14.5 Å². The van der Waals surface area contributed by atoms with E-state index in [2.05, 4.69) is 54.0 Å². The van der Waals surface area contributed by atoms with E-state index in [0.717, 1.165) is 50.0 Å². The van der Waals surface area contributed by atoms with E-state index in [4.69, 9.17) is 14.7 Å². The Bertz CT molecular complexity index is 1600. The van der Waals surface area contributed by atoms with Crippen LogP contribution in [0.1, 0.15) is 16.7 Å². The zero-order chi connectivity index (χ0) is 22.2. The van der Waals surface area contributed by atoms with Crippen LogP contribution in [0.5, 0.6) is 5.75 Å². The molecule has 33 heavy (non-hydrogen) atoms. The van der Waals surface area contributed by atoms with Crippen molar-refractivity contribution in [2.75, 3.05) is 0 Å². The quantitative estimate of drug-likeness (QED) is 0.307. The number of aromatic nitrogens is 3. The molecule has 4 heteroatoms. The molecule has 2 heterocycles. The number of ether oxygens (including phenoxy) is 1. The maximum Gasteiger partial charge on any atom is 0.160 e. The minimum atomic E-state index is 0.536. The molecule has 0 atom stereocenters. The predicted molar refractivity (Wildman–Crippen MR) is 134 cm³/mol. The fourth-order valence-electron chi connectivity index (χ4n) is 4.39. The van der Waals surface area contributed by atoms with Gasteiger partial charge in [0.25, 0.3) is 0 Å². The highest BCUT2D eigenvalue weighted by Crippen LogP contribution is 2.31. The lowest BCUT2D eigenvalue weighted by Gasteiger charge is -2.13. The molecule has 6 aromatic rings. The SMILES string of the molecule is Cc1ccc2c(c1)c1nc3ccccc3nc1n2Cc1ccccc1OCc1ccccc1. The second-order valence-corrected chi connectivity index (χ2v) is 8.37. The topological polar surface area (TPSA) is 39.9 Å². The van der Waals surface area contributed by atoms with Gasteiger partial charge in [0.15, 0.2) is 5.65 Å². The van der Waals surface area contributed by atoms with Crippen LogP contribution in [-0.2, 0) is 13.2 Å². The molecular formula is C29H23N3O. The Morgan fingerprint density at radius 2 is 1.48 bits per heavy atom.